The van der Waals surface area contributed by atoms with Crippen molar-refractivity contribution in [1.82, 2.24) is 14.1 Å². The van der Waals surface area contributed by atoms with E-state index in [2.05, 4.69) is 4.90 Å². The van der Waals surface area contributed by atoms with Gasteiger partial charge in [0.25, 0.3) is 11.7 Å². The van der Waals surface area contributed by atoms with E-state index in [-0.39, 0.29) is 21.8 Å². The van der Waals surface area contributed by atoms with Crippen molar-refractivity contribution in [3.63, 3.8) is 0 Å². The van der Waals surface area contributed by atoms with Crippen LogP contribution in [0.25, 0.3) is 5.76 Å². The van der Waals surface area contributed by atoms with Gasteiger partial charge in [-0.3, -0.25) is 14.5 Å². The lowest BCUT2D eigenvalue weighted by atomic mass is 9.95. The van der Waals surface area contributed by atoms with Crippen molar-refractivity contribution in [3.05, 3.63) is 71.3 Å². The second kappa shape index (κ2) is 10.7. The lowest BCUT2D eigenvalue weighted by Crippen LogP contribution is -2.42. The minimum atomic E-state index is -3.61. The fourth-order valence-electron chi connectivity index (χ4n) is 5.18. The summed E-state index contributed by atoms with van der Waals surface area (Å²) in [6.45, 7) is 4.68. The second-order valence-electron chi connectivity index (χ2n) is 9.49. The van der Waals surface area contributed by atoms with Crippen molar-refractivity contribution in [1.29, 1.82) is 0 Å². The maximum Gasteiger partial charge on any atom is 0.295 e. The van der Waals surface area contributed by atoms with Crippen LogP contribution < -0.4 is 0 Å². The average molecular weight is 526 g/mol. The number of Topliss-reactive ketones (excluding diaryl/α,β-unsaturated/α-hetero) is 1. The molecule has 0 saturated carbocycles. The van der Waals surface area contributed by atoms with Gasteiger partial charge in [0, 0.05) is 44.8 Å². The molecule has 3 aliphatic rings. The first-order valence-corrected chi connectivity index (χ1v) is 14.1. The Bertz CT molecular complexity index is 1280. The molecule has 2 aromatic carbocycles. The van der Waals surface area contributed by atoms with E-state index in [1.54, 1.807) is 0 Å². The topological polar surface area (TPSA) is 107 Å². The summed E-state index contributed by atoms with van der Waals surface area (Å²) in [4.78, 5) is 30.2. The third-order valence-electron chi connectivity index (χ3n) is 7.25. The van der Waals surface area contributed by atoms with E-state index >= 15 is 0 Å². The Morgan fingerprint density at radius 2 is 1.54 bits per heavy atom. The number of benzene rings is 2. The van der Waals surface area contributed by atoms with Crippen LogP contribution >= 0.6 is 0 Å². The molecule has 5 rings (SSSR count). The molecule has 3 aliphatic heterocycles. The molecule has 196 valence electrons. The summed E-state index contributed by atoms with van der Waals surface area (Å²) in [5.74, 6) is -1.72. The number of ketones is 1. The first-order valence-electron chi connectivity index (χ1n) is 12.6. The number of ether oxygens (including phenoxy) is 1. The molecule has 2 aromatic rings. The molecule has 3 heterocycles. The predicted octanol–water partition coefficient (Wildman–Crippen LogP) is 2.23. The molecular formula is C27H31N3O6S. The molecule has 9 nitrogen and oxygen atoms in total. The zero-order valence-corrected chi connectivity index (χ0v) is 21.4. The van der Waals surface area contributed by atoms with Gasteiger partial charge in [-0.15, -0.1) is 0 Å². The van der Waals surface area contributed by atoms with E-state index in [1.807, 2.05) is 30.3 Å². The number of likely N-dealkylation sites (tertiary alicyclic amines) is 1. The molecule has 3 fully saturated rings. The van der Waals surface area contributed by atoms with E-state index in [4.69, 9.17) is 4.74 Å². The Morgan fingerprint density at radius 3 is 2.19 bits per heavy atom. The van der Waals surface area contributed by atoms with Crippen molar-refractivity contribution >= 4 is 27.5 Å². The van der Waals surface area contributed by atoms with Crippen LogP contribution in [0.1, 0.15) is 30.0 Å². The molecule has 0 spiro atoms. The van der Waals surface area contributed by atoms with Crippen molar-refractivity contribution in [2.75, 3.05) is 52.5 Å². The van der Waals surface area contributed by atoms with Gasteiger partial charge in [0.2, 0.25) is 10.0 Å². The van der Waals surface area contributed by atoms with E-state index < -0.39 is 27.8 Å². The number of aliphatic hydroxyl groups is 1. The standard InChI is InChI=1S/C27H31N3O6S/c31-25(21-8-10-22(11-9-21)37(34,35)29-12-4-5-13-29)23-24(20-6-2-1-3-7-20)30(27(33)26(23)32)15-14-28-16-18-36-19-17-28/h1-3,6-11,24,31H,4-5,12-19H2/t24-/m0/s1. The molecular weight excluding hydrogens is 494 g/mol. The molecule has 0 radical (unpaired) electrons. The highest BCUT2D eigenvalue weighted by molar-refractivity contribution is 7.89. The van der Waals surface area contributed by atoms with E-state index in [0.29, 0.717) is 39.4 Å². The summed E-state index contributed by atoms with van der Waals surface area (Å²) >= 11 is 0. The second-order valence-corrected chi connectivity index (χ2v) is 11.4. The lowest BCUT2D eigenvalue weighted by molar-refractivity contribution is -0.140. The number of carbonyl (C=O) groups is 2. The molecule has 0 aromatic heterocycles. The largest absolute Gasteiger partial charge is 0.507 e. The fourth-order valence-corrected chi connectivity index (χ4v) is 6.70. The first-order chi connectivity index (χ1) is 17.9. The average Bonchev–Trinajstić information content (AvgIpc) is 3.56. The molecule has 1 atom stereocenters. The molecule has 0 aliphatic carbocycles. The summed E-state index contributed by atoms with van der Waals surface area (Å²) in [5, 5.41) is 11.3. The van der Waals surface area contributed by atoms with Gasteiger partial charge < -0.3 is 14.7 Å². The Kier molecular flexibility index (Phi) is 7.43. The number of aliphatic hydroxyl groups excluding tert-OH is 1. The van der Waals surface area contributed by atoms with Gasteiger partial charge in [-0.05, 0) is 42.7 Å². The van der Waals surface area contributed by atoms with Gasteiger partial charge in [0.15, 0.2) is 0 Å². The van der Waals surface area contributed by atoms with Crippen LogP contribution in [0.15, 0.2) is 65.1 Å². The number of hydrogen-bond donors (Lipinski definition) is 1. The molecule has 1 amide bonds. The zero-order valence-electron chi connectivity index (χ0n) is 20.6. The number of hydrogen-bond acceptors (Lipinski definition) is 7. The normalized spacial score (nSPS) is 23.1. The minimum absolute atomic E-state index is 0.00771. The van der Waals surface area contributed by atoms with E-state index in [9.17, 15) is 23.1 Å². The lowest BCUT2D eigenvalue weighted by Gasteiger charge is -2.31. The summed E-state index contributed by atoms with van der Waals surface area (Å²) in [5.41, 5.74) is 1.01. The van der Waals surface area contributed by atoms with Crippen molar-refractivity contribution in [2.45, 2.75) is 23.8 Å². The highest BCUT2D eigenvalue weighted by Crippen LogP contribution is 2.39. The van der Waals surface area contributed by atoms with E-state index in [0.717, 1.165) is 31.5 Å². The number of morpholine rings is 1. The predicted molar refractivity (Wildman–Crippen MR) is 137 cm³/mol. The van der Waals surface area contributed by atoms with E-state index in [1.165, 1.54) is 33.5 Å². The first kappa shape index (κ1) is 25.6. The smallest absolute Gasteiger partial charge is 0.295 e. The monoisotopic (exact) mass is 525 g/mol. The zero-order chi connectivity index (χ0) is 26.0. The van der Waals surface area contributed by atoms with Gasteiger partial charge in [0.05, 0.1) is 29.7 Å². The Hall–Kier alpha value is -3.05. The SMILES string of the molecule is O=C1C(=O)N(CCN2CCOCC2)[C@@H](c2ccccc2)C1=C(O)c1ccc(S(=O)(=O)N2CCCC2)cc1. The van der Waals surface area contributed by atoms with Crippen LogP contribution in [0.2, 0.25) is 0 Å². The maximum absolute atomic E-state index is 13.2. The number of carbonyl (C=O) groups excluding carboxylic acids is 2. The fraction of sp³-hybridized carbons (Fsp3) is 0.407. The van der Waals surface area contributed by atoms with Gasteiger partial charge in [-0.1, -0.05) is 30.3 Å². The number of rotatable bonds is 7. The molecule has 0 unspecified atom stereocenters. The summed E-state index contributed by atoms with van der Waals surface area (Å²) in [6, 6.07) is 14.3. The van der Waals surface area contributed by atoms with Gasteiger partial charge in [0.1, 0.15) is 5.76 Å². The molecule has 37 heavy (non-hydrogen) atoms. The Balaban J connectivity index is 1.47. The molecule has 10 heteroatoms. The molecule has 1 N–H and O–H groups in total. The maximum atomic E-state index is 13.2. The van der Waals surface area contributed by atoms with Crippen LogP contribution in [0.4, 0.5) is 0 Å². The van der Waals surface area contributed by atoms with Gasteiger partial charge in [-0.25, -0.2) is 8.42 Å². The summed E-state index contributed by atoms with van der Waals surface area (Å²) in [6.07, 6.45) is 1.67. The Morgan fingerprint density at radius 1 is 0.892 bits per heavy atom. The Labute approximate surface area is 217 Å². The highest BCUT2D eigenvalue weighted by atomic mass is 32.2. The number of sulfonamides is 1. The molecule has 3 saturated heterocycles. The van der Waals surface area contributed by atoms with Crippen LogP contribution in [-0.4, -0.2) is 91.8 Å². The highest BCUT2D eigenvalue weighted by Gasteiger charge is 2.46. The van der Waals surface area contributed by atoms with Gasteiger partial charge in [-0.2, -0.15) is 4.31 Å². The molecule has 0 bridgehead atoms. The van der Waals surface area contributed by atoms with Crippen LogP contribution in [-0.2, 0) is 24.3 Å². The number of amides is 1. The van der Waals surface area contributed by atoms with Crippen LogP contribution in [0.3, 0.4) is 0 Å². The van der Waals surface area contributed by atoms with Crippen LogP contribution in [0, 0.1) is 0 Å². The van der Waals surface area contributed by atoms with Crippen molar-refractivity contribution < 1.29 is 27.9 Å². The minimum Gasteiger partial charge on any atom is -0.507 e. The third kappa shape index (κ3) is 5.06. The van der Waals surface area contributed by atoms with Gasteiger partial charge >= 0.3 is 0 Å². The quantitative estimate of drug-likeness (QED) is 0.336. The van der Waals surface area contributed by atoms with Crippen molar-refractivity contribution in [3.8, 4) is 0 Å². The van der Waals surface area contributed by atoms with Crippen molar-refractivity contribution in [2.24, 2.45) is 0 Å². The third-order valence-corrected chi connectivity index (χ3v) is 9.16. The van der Waals surface area contributed by atoms with Crippen LogP contribution in [0.5, 0.6) is 0 Å². The summed E-state index contributed by atoms with van der Waals surface area (Å²) in [7, 11) is -3.61. The summed E-state index contributed by atoms with van der Waals surface area (Å²) < 4.78 is 32.6. The number of nitrogens with zero attached hydrogens (tertiary/aromatic N) is 3.